The fourth-order valence-corrected chi connectivity index (χ4v) is 2.94. The van der Waals surface area contributed by atoms with Gasteiger partial charge in [-0.1, -0.05) is 12.2 Å². The van der Waals surface area contributed by atoms with E-state index in [-0.39, 0.29) is 0 Å². The lowest BCUT2D eigenvalue weighted by molar-refractivity contribution is 0.0752. The van der Waals surface area contributed by atoms with Gasteiger partial charge in [-0.25, -0.2) is 0 Å². The Balaban J connectivity index is 1.61. The molecule has 4 unspecified atom stereocenters. The van der Waals surface area contributed by atoms with E-state index in [1.54, 1.807) is 0 Å². The van der Waals surface area contributed by atoms with Gasteiger partial charge in [0.1, 0.15) is 0 Å². The van der Waals surface area contributed by atoms with Gasteiger partial charge in [0.25, 0.3) is 0 Å². The Morgan fingerprint density at radius 1 is 1.40 bits per heavy atom. The van der Waals surface area contributed by atoms with E-state index in [1.165, 1.54) is 19.4 Å². The van der Waals surface area contributed by atoms with Crippen molar-refractivity contribution in [1.82, 2.24) is 5.32 Å². The smallest absolute Gasteiger partial charge is 0.0671 e. The summed E-state index contributed by atoms with van der Waals surface area (Å²) in [6, 6.07) is 0. The molecule has 0 spiro atoms. The third-order valence-corrected chi connectivity index (χ3v) is 3.71. The monoisotopic (exact) mass is 209 g/mol. The Hall–Kier alpha value is -0.340. The minimum atomic E-state index is 0.351. The molecule has 0 aromatic heterocycles. The summed E-state index contributed by atoms with van der Waals surface area (Å²) in [7, 11) is 0. The average molecular weight is 209 g/mol. The predicted octanol–water partition coefficient (Wildman–Crippen LogP) is 2.21. The van der Waals surface area contributed by atoms with Gasteiger partial charge in [-0.15, -0.1) is 0 Å². The minimum Gasteiger partial charge on any atom is -0.377 e. The summed E-state index contributed by atoms with van der Waals surface area (Å²) >= 11 is 0. The summed E-state index contributed by atoms with van der Waals surface area (Å²) in [5, 5.41) is 3.54. The molecule has 0 aromatic rings. The van der Waals surface area contributed by atoms with Crippen LogP contribution >= 0.6 is 0 Å². The zero-order valence-electron chi connectivity index (χ0n) is 9.91. The molecule has 2 aliphatic rings. The molecule has 2 aliphatic carbocycles. The zero-order valence-corrected chi connectivity index (χ0v) is 9.91. The summed E-state index contributed by atoms with van der Waals surface area (Å²) in [5.74, 6) is 2.64. The SMILES string of the molecule is CCOC(C)CNCC1CC2C=CC1C2. The molecule has 0 amide bonds. The zero-order chi connectivity index (χ0) is 10.7. The Bertz CT molecular complexity index is 227. The highest BCUT2D eigenvalue weighted by atomic mass is 16.5. The number of ether oxygens (including phenoxy) is 1. The summed E-state index contributed by atoms with van der Waals surface area (Å²) in [6.45, 7) is 7.17. The van der Waals surface area contributed by atoms with Crippen LogP contribution in [0.2, 0.25) is 0 Å². The molecular formula is C13H23NO. The molecule has 0 radical (unpaired) electrons. The molecule has 0 saturated heterocycles. The van der Waals surface area contributed by atoms with Crippen LogP contribution in [0.1, 0.15) is 26.7 Å². The third kappa shape index (κ3) is 2.82. The van der Waals surface area contributed by atoms with E-state index in [0.29, 0.717) is 6.10 Å². The first-order valence-corrected chi connectivity index (χ1v) is 6.30. The van der Waals surface area contributed by atoms with Gasteiger partial charge in [0, 0.05) is 13.2 Å². The molecule has 1 N–H and O–H groups in total. The van der Waals surface area contributed by atoms with Crippen LogP contribution in [0.5, 0.6) is 0 Å². The maximum atomic E-state index is 5.49. The van der Waals surface area contributed by atoms with Crippen molar-refractivity contribution in [2.45, 2.75) is 32.8 Å². The highest BCUT2D eigenvalue weighted by Gasteiger charge is 2.34. The van der Waals surface area contributed by atoms with E-state index < -0.39 is 0 Å². The van der Waals surface area contributed by atoms with Gasteiger partial charge in [0.2, 0.25) is 0 Å². The maximum absolute atomic E-state index is 5.49. The Morgan fingerprint density at radius 2 is 2.27 bits per heavy atom. The lowest BCUT2D eigenvalue weighted by Crippen LogP contribution is -2.32. The van der Waals surface area contributed by atoms with Crippen LogP contribution in [0, 0.1) is 17.8 Å². The van der Waals surface area contributed by atoms with Crippen molar-refractivity contribution in [1.29, 1.82) is 0 Å². The van der Waals surface area contributed by atoms with Crippen molar-refractivity contribution in [3.05, 3.63) is 12.2 Å². The van der Waals surface area contributed by atoms with Gasteiger partial charge in [-0.05, 0) is 51.0 Å². The first kappa shape index (κ1) is 11.2. The molecule has 1 fully saturated rings. The minimum absolute atomic E-state index is 0.351. The molecule has 2 bridgehead atoms. The summed E-state index contributed by atoms with van der Waals surface area (Å²) in [4.78, 5) is 0. The topological polar surface area (TPSA) is 21.3 Å². The van der Waals surface area contributed by atoms with Gasteiger partial charge in [0.05, 0.1) is 6.10 Å². The average Bonchev–Trinajstić information content (AvgIpc) is 2.79. The largest absolute Gasteiger partial charge is 0.377 e. The molecular weight excluding hydrogens is 186 g/mol. The van der Waals surface area contributed by atoms with Gasteiger partial charge in [0.15, 0.2) is 0 Å². The molecule has 0 aliphatic heterocycles. The number of allylic oxidation sites excluding steroid dienone is 2. The van der Waals surface area contributed by atoms with Crippen molar-refractivity contribution in [2.75, 3.05) is 19.7 Å². The number of fused-ring (bicyclic) bond motifs is 2. The molecule has 2 heteroatoms. The van der Waals surface area contributed by atoms with Crippen LogP contribution < -0.4 is 5.32 Å². The van der Waals surface area contributed by atoms with Crippen molar-refractivity contribution in [3.8, 4) is 0 Å². The van der Waals surface area contributed by atoms with E-state index in [2.05, 4.69) is 31.3 Å². The van der Waals surface area contributed by atoms with E-state index in [4.69, 9.17) is 4.74 Å². The van der Waals surface area contributed by atoms with Crippen molar-refractivity contribution < 1.29 is 4.74 Å². The van der Waals surface area contributed by atoms with Crippen molar-refractivity contribution in [3.63, 3.8) is 0 Å². The highest BCUT2D eigenvalue weighted by molar-refractivity contribution is 5.10. The van der Waals surface area contributed by atoms with Crippen LogP contribution in [-0.4, -0.2) is 25.8 Å². The molecule has 86 valence electrons. The second-order valence-corrected chi connectivity index (χ2v) is 4.96. The van der Waals surface area contributed by atoms with Crippen LogP contribution in [0.25, 0.3) is 0 Å². The molecule has 2 rings (SSSR count). The number of rotatable bonds is 6. The quantitative estimate of drug-likeness (QED) is 0.677. The number of nitrogens with one attached hydrogen (secondary N) is 1. The predicted molar refractivity (Wildman–Crippen MR) is 62.8 cm³/mol. The maximum Gasteiger partial charge on any atom is 0.0671 e. The van der Waals surface area contributed by atoms with Crippen LogP contribution in [0.15, 0.2) is 12.2 Å². The van der Waals surface area contributed by atoms with Crippen LogP contribution in [-0.2, 0) is 4.74 Å². The molecule has 0 heterocycles. The lowest BCUT2D eigenvalue weighted by Gasteiger charge is -2.20. The van der Waals surface area contributed by atoms with Crippen molar-refractivity contribution >= 4 is 0 Å². The molecule has 15 heavy (non-hydrogen) atoms. The molecule has 0 aromatic carbocycles. The normalized spacial score (nSPS) is 34.9. The van der Waals surface area contributed by atoms with E-state index >= 15 is 0 Å². The van der Waals surface area contributed by atoms with Gasteiger partial charge < -0.3 is 10.1 Å². The fraction of sp³-hybridized carbons (Fsp3) is 0.846. The second kappa shape index (κ2) is 5.13. The van der Waals surface area contributed by atoms with Gasteiger partial charge in [-0.3, -0.25) is 0 Å². The summed E-state index contributed by atoms with van der Waals surface area (Å²) < 4.78 is 5.49. The summed E-state index contributed by atoms with van der Waals surface area (Å²) in [5.41, 5.74) is 0. The summed E-state index contributed by atoms with van der Waals surface area (Å²) in [6.07, 6.45) is 7.99. The van der Waals surface area contributed by atoms with E-state index in [0.717, 1.165) is 30.9 Å². The molecule has 1 saturated carbocycles. The lowest BCUT2D eigenvalue weighted by atomic mass is 9.93. The van der Waals surface area contributed by atoms with E-state index in [1.807, 2.05) is 0 Å². The number of hydrogen-bond donors (Lipinski definition) is 1. The fourth-order valence-electron chi connectivity index (χ4n) is 2.94. The van der Waals surface area contributed by atoms with Crippen LogP contribution in [0.4, 0.5) is 0 Å². The second-order valence-electron chi connectivity index (χ2n) is 4.96. The first-order chi connectivity index (χ1) is 7.29. The Kier molecular flexibility index (Phi) is 3.81. The number of hydrogen-bond acceptors (Lipinski definition) is 2. The van der Waals surface area contributed by atoms with Gasteiger partial charge in [-0.2, -0.15) is 0 Å². The Morgan fingerprint density at radius 3 is 2.87 bits per heavy atom. The highest BCUT2D eigenvalue weighted by Crippen LogP contribution is 2.42. The van der Waals surface area contributed by atoms with Crippen LogP contribution in [0.3, 0.4) is 0 Å². The first-order valence-electron chi connectivity index (χ1n) is 6.30. The van der Waals surface area contributed by atoms with Crippen molar-refractivity contribution in [2.24, 2.45) is 17.8 Å². The third-order valence-electron chi connectivity index (χ3n) is 3.71. The van der Waals surface area contributed by atoms with E-state index in [9.17, 15) is 0 Å². The standard InChI is InChI=1S/C13H23NO/c1-3-15-10(2)8-14-9-13-7-11-4-5-12(13)6-11/h4-5,10-14H,3,6-9H2,1-2H3. The van der Waals surface area contributed by atoms with Gasteiger partial charge >= 0.3 is 0 Å². The Labute approximate surface area is 93.1 Å². The molecule has 2 nitrogen and oxygen atoms in total. The molecule has 4 atom stereocenters.